The second-order valence-electron chi connectivity index (χ2n) is 7.32. The van der Waals surface area contributed by atoms with Crippen LogP contribution in [0.15, 0.2) is 36.4 Å². The molecular formula is C23H32O2. The maximum absolute atomic E-state index is 6.08. The van der Waals surface area contributed by atoms with Crippen molar-refractivity contribution in [1.82, 2.24) is 0 Å². The summed E-state index contributed by atoms with van der Waals surface area (Å²) in [5.41, 5.74) is 4.65. The highest BCUT2D eigenvalue weighted by molar-refractivity contribution is 5.52. The third-order valence-electron chi connectivity index (χ3n) is 4.54. The van der Waals surface area contributed by atoms with E-state index in [1.165, 1.54) is 22.3 Å². The molecule has 0 amide bonds. The fraction of sp³-hybridized carbons (Fsp3) is 0.478. The Hall–Kier alpha value is -1.96. The molecular weight excluding hydrogens is 308 g/mol. The molecule has 2 aromatic carbocycles. The predicted molar refractivity (Wildman–Crippen MR) is 106 cm³/mol. The van der Waals surface area contributed by atoms with Crippen LogP contribution in [0.5, 0.6) is 11.5 Å². The molecule has 2 nitrogen and oxygen atoms in total. The van der Waals surface area contributed by atoms with E-state index in [9.17, 15) is 0 Å². The summed E-state index contributed by atoms with van der Waals surface area (Å²) >= 11 is 0. The standard InChI is InChI=1S/C23H32O2/c1-7-13-24-21-15-17(3)9-11-19(21)23(5,6)20-12-10-18(4)16-22(20)25-14-8-2/h9-12,15-16H,7-8,13-14H2,1-6H3. The summed E-state index contributed by atoms with van der Waals surface area (Å²) in [4.78, 5) is 0. The molecule has 136 valence electrons. The molecule has 25 heavy (non-hydrogen) atoms. The smallest absolute Gasteiger partial charge is 0.123 e. The lowest BCUT2D eigenvalue weighted by atomic mass is 9.76. The minimum Gasteiger partial charge on any atom is -0.493 e. The second-order valence-corrected chi connectivity index (χ2v) is 7.32. The first kappa shape index (κ1) is 19.4. The molecule has 0 radical (unpaired) electrons. The first-order valence-electron chi connectivity index (χ1n) is 9.38. The number of aryl methyl sites for hydroxylation is 2. The van der Waals surface area contributed by atoms with Gasteiger partial charge in [-0.2, -0.15) is 0 Å². The summed E-state index contributed by atoms with van der Waals surface area (Å²) in [7, 11) is 0. The van der Waals surface area contributed by atoms with Crippen molar-refractivity contribution in [3.63, 3.8) is 0 Å². The number of ether oxygens (including phenoxy) is 2. The molecule has 0 unspecified atom stereocenters. The van der Waals surface area contributed by atoms with Crippen molar-refractivity contribution >= 4 is 0 Å². The zero-order valence-corrected chi connectivity index (χ0v) is 16.6. The van der Waals surface area contributed by atoms with Crippen molar-refractivity contribution in [3.8, 4) is 11.5 Å². The Balaban J connectivity index is 2.51. The van der Waals surface area contributed by atoms with Crippen molar-refractivity contribution in [1.29, 1.82) is 0 Å². The summed E-state index contributed by atoms with van der Waals surface area (Å²) in [6.07, 6.45) is 2.01. The lowest BCUT2D eigenvalue weighted by Gasteiger charge is -2.30. The zero-order chi connectivity index (χ0) is 18.4. The van der Waals surface area contributed by atoms with E-state index in [2.05, 4.69) is 77.9 Å². The van der Waals surface area contributed by atoms with E-state index in [1.54, 1.807) is 0 Å². The minimum absolute atomic E-state index is 0.201. The molecule has 0 aromatic heterocycles. The summed E-state index contributed by atoms with van der Waals surface area (Å²) in [6.45, 7) is 14.5. The highest BCUT2D eigenvalue weighted by Gasteiger charge is 2.30. The summed E-state index contributed by atoms with van der Waals surface area (Å²) in [5, 5.41) is 0. The van der Waals surface area contributed by atoms with Crippen molar-refractivity contribution in [2.24, 2.45) is 0 Å². The van der Waals surface area contributed by atoms with Gasteiger partial charge in [0.15, 0.2) is 0 Å². The van der Waals surface area contributed by atoms with Gasteiger partial charge in [-0.05, 0) is 49.9 Å². The number of hydrogen-bond acceptors (Lipinski definition) is 2. The SMILES string of the molecule is CCCOc1cc(C)ccc1C(C)(C)c1ccc(C)cc1OCCC. The van der Waals surface area contributed by atoms with E-state index in [4.69, 9.17) is 9.47 Å². The third-order valence-corrected chi connectivity index (χ3v) is 4.54. The van der Waals surface area contributed by atoms with Gasteiger partial charge in [-0.15, -0.1) is 0 Å². The van der Waals surface area contributed by atoms with Gasteiger partial charge in [-0.1, -0.05) is 52.0 Å². The number of hydrogen-bond donors (Lipinski definition) is 0. The molecule has 2 aromatic rings. The van der Waals surface area contributed by atoms with Gasteiger partial charge in [0, 0.05) is 16.5 Å². The van der Waals surface area contributed by atoms with Crippen molar-refractivity contribution < 1.29 is 9.47 Å². The summed E-state index contributed by atoms with van der Waals surface area (Å²) in [6, 6.07) is 13.0. The minimum atomic E-state index is -0.201. The number of rotatable bonds is 8. The van der Waals surface area contributed by atoms with Gasteiger partial charge >= 0.3 is 0 Å². The van der Waals surface area contributed by atoms with E-state index in [0.29, 0.717) is 0 Å². The number of benzene rings is 2. The van der Waals surface area contributed by atoms with Gasteiger partial charge in [0.05, 0.1) is 13.2 Å². The van der Waals surface area contributed by atoms with Crippen molar-refractivity contribution in [2.75, 3.05) is 13.2 Å². The Bertz CT molecular complexity index is 642. The van der Waals surface area contributed by atoms with Gasteiger partial charge in [-0.3, -0.25) is 0 Å². The fourth-order valence-corrected chi connectivity index (χ4v) is 3.10. The molecule has 0 aliphatic rings. The van der Waals surface area contributed by atoms with Crippen LogP contribution in [0.4, 0.5) is 0 Å². The van der Waals surface area contributed by atoms with E-state index in [0.717, 1.165) is 37.6 Å². The second kappa shape index (κ2) is 8.42. The Morgan fingerprint density at radius 3 is 1.48 bits per heavy atom. The Morgan fingerprint density at radius 1 is 0.720 bits per heavy atom. The first-order chi connectivity index (χ1) is 11.9. The zero-order valence-electron chi connectivity index (χ0n) is 16.6. The molecule has 2 rings (SSSR count). The Kier molecular flexibility index (Phi) is 6.52. The average Bonchev–Trinajstić information content (AvgIpc) is 2.57. The van der Waals surface area contributed by atoms with Crippen LogP contribution in [-0.4, -0.2) is 13.2 Å². The van der Waals surface area contributed by atoms with Gasteiger partial charge in [0.1, 0.15) is 11.5 Å². The highest BCUT2D eigenvalue weighted by Crippen LogP contribution is 2.42. The molecule has 0 N–H and O–H groups in total. The maximum Gasteiger partial charge on any atom is 0.123 e. The molecule has 0 saturated heterocycles. The summed E-state index contributed by atoms with van der Waals surface area (Å²) < 4.78 is 12.2. The predicted octanol–water partition coefficient (Wildman–Crippen LogP) is 6.21. The molecule has 0 saturated carbocycles. The molecule has 0 fully saturated rings. The quantitative estimate of drug-likeness (QED) is 0.569. The molecule has 0 spiro atoms. The van der Waals surface area contributed by atoms with Gasteiger partial charge < -0.3 is 9.47 Å². The third kappa shape index (κ3) is 4.56. The van der Waals surface area contributed by atoms with Crippen LogP contribution in [0.2, 0.25) is 0 Å². The van der Waals surface area contributed by atoms with E-state index < -0.39 is 0 Å². The van der Waals surface area contributed by atoms with Crippen LogP contribution in [0, 0.1) is 13.8 Å². The van der Waals surface area contributed by atoms with E-state index >= 15 is 0 Å². The molecule has 0 aliphatic carbocycles. The average molecular weight is 341 g/mol. The molecule has 2 heteroatoms. The molecule has 0 bridgehead atoms. The van der Waals surface area contributed by atoms with E-state index in [-0.39, 0.29) is 5.41 Å². The monoisotopic (exact) mass is 340 g/mol. The Labute approximate surface area is 153 Å². The largest absolute Gasteiger partial charge is 0.493 e. The van der Waals surface area contributed by atoms with Crippen molar-refractivity contribution in [3.05, 3.63) is 58.7 Å². The van der Waals surface area contributed by atoms with Gasteiger partial charge in [0.2, 0.25) is 0 Å². The molecule has 0 heterocycles. The van der Waals surface area contributed by atoms with Crippen LogP contribution < -0.4 is 9.47 Å². The maximum atomic E-state index is 6.08. The lowest BCUT2D eigenvalue weighted by molar-refractivity contribution is 0.302. The van der Waals surface area contributed by atoms with Crippen LogP contribution >= 0.6 is 0 Å². The fourth-order valence-electron chi connectivity index (χ4n) is 3.10. The lowest BCUT2D eigenvalue weighted by Crippen LogP contribution is -2.22. The molecule has 0 aliphatic heterocycles. The normalized spacial score (nSPS) is 11.4. The highest BCUT2D eigenvalue weighted by atomic mass is 16.5. The van der Waals surface area contributed by atoms with Crippen LogP contribution in [-0.2, 0) is 5.41 Å². The van der Waals surface area contributed by atoms with Gasteiger partial charge in [-0.25, -0.2) is 0 Å². The van der Waals surface area contributed by atoms with Gasteiger partial charge in [0.25, 0.3) is 0 Å². The summed E-state index contributed by atoms with van der Waals surface area (Å²) in [5.74, 6) is 1.96. The van der Waals surface area contributed by atoms with Crippen molar-refractivity contribution in [2.45, 2.75) is 59.8 Å². The molecule has 0 atom stereocenters. The van der Waals surface area contributed by atoms with E-state index in [1.807, 2.05) is 0 Å². The Morgan fingerprint density at radius 2 is 1.12 bits per heavy atom. The topological polar surface area (TPSA) is 18.5 Å². The first-order valence-corrected chi connectivity index (χ1v) is 9.38. The van der Waals surface area contributed by atoms with Crippen LogP contribution in [0.3, 0.4) is 0 Å². The van der Waals surface area contributed by atoms with Crippen LogP contribution in [0.25, 0.3) is 0 Å². The van der Waals surface area contributed by atoms with Crippen LogP contribution in [0.1, 0.15) is 62.8 Å².